The van der Waals surface area contributed by atoms with Crippen LogP contribution in [0.2, 0.25) is 0 Å². The van der Waals surface area contributed by atoms with E-state index >= 15 is 0 Å². The van der Waals surface area contributed by atoms with Crippen LogP contribution in [0, 0.1) is 0 Å². The van der Waals surface area contributed by atoms with Crippen molar-refractivity contribution in [3.63, 3.8) is 0 Å². The van der Waals surface area contributed by atoms with E-state index in [1.165, 1.54) is 11.3 Å². The number of piperidine rings is 1. The van der Waals surface area contributed by atoms with E-state index in [2.05, 4.69) is 14.9 Å². The summed E-state index contributed by atoms with van der Waals surface area (Å²) in [5.74, 6) is 0.654. The van der Waals surface area contributed by atoms with Crippen LogP contribution in [0.25, 0.3) is 0 Å². The molecule has 3 rings (SSSR count). The summed E-state index contributed by atoms with van der Waals surface area (Å²) >= 11 is 1.21. The van der Waals surface area contributed by atoms with Crippen LogP contribution in [0.3, 0.4) is 0 Å². The summed E-state index contributed by atoms with van der Waals surface area (Å²) in [4.78, 5) is 14.6. The van der Waals surface area contributed by atoms with Gasteiger partial charge in [0.2, 0.25) is 15.9 Å². The first-order valence-electron chi connectivity index (χ1n) is 9.14. The Morgan fingerprint density at radius 1 is 1.21 bits per heavy atom. The van der Waals surface area contributed by atoms with Gasteiger partial charge in [0.25, 0.3) is 0 Å². The number of thiophene rings is 1. The highest BCUT2D eigenvalue weighted by molar-refractivity contribution is 7.91. The monoisotopic (exact) mass is 423 g/mol. The first-order valence-corrected chi connectivity index (χ1v) is 11.5. The number of carbonyl (C=O) groups excluding carboxylic acids is 1. The number of rotatable bonds is 7. The lowest BCUT2D eigenvalue weighted by atomic mass is 10.0. The zero-order valence-electron chi connectivity index (χ0n) is 15.9. The number of likely N-dealkylation sites (tertiary alicyclic amines) is 1. The van der Waals surface area contributed by atoms with Crippen LogP contribution in [-0.4, -0.2) is 51.5 Å². The molecule has 1 aromatic heterocycles. The summed E-state index contributed by atoms with van der Waals surface area (Å²) in [6, 6.07) is 10.1. The van der Waals surface area contributed by atoms with Crippen molar-refractivity contribution in [3.8, 4) is 5.75 Å². The second-order valence-corrected chi connectivity index (χ2v) is 9.65. The fourth-order valence-electron chi connectivity index (χ4n) is 3.19. The Bertz CT molecular complexity index is 874. The van der Waals surface area contributed by atoms with Gasteiger partial charge in [-0.25, -0.2) is 13.1 Å². The van der Waals surface area contributed by atoms with E-state index in [9.17, 15) is 13.2 Å². The fourth-order valence-corrected chi connectivity index (χ4v) is 5.50. The van der Waals surface area contributed by atoms with Gasteiger partial charge in [0.1, 0.15) is 9.96 Å². The van der Waals surface area contributed by atoms with Crippen molar-refractivity contribution in [2.75, 3.05) is 25.5 Å². The Kier molecular flexibility index (Phi) is 6.71. The third-order valence-electron chi connectivity index (χ3n) is 4.90. The molecule has 1 aliphatic heterocycles. The minimum absolute atomic E-state index is 0.0808. The maximum atomic E-state index is 12.5. The molecule has 1 fully saturated rings. The smallest absolute Gasteiger partial charge is 0.250 e. The zero-order chi connectivity index (χ0) is 20.1. The van der Waals surface area contributed by atoms with E-state index in [1.807, 2.05) is 6.92 Å². The first-order chi connectivity index (χ1) is 13.4. The molecule has 0 bridgehead atoms. The Hall–Kier alpha value is -1.94. The molecule has 1 atom stereocenters. The highest BCUT2D eigenvalue weighted by Gasteiger charge is 2.29. The molecule has 0 saturated carbocycles. The van der Waals surface area contributed by atoms with Gasteiger partial charge >= 0.3 is 0 Å². The van der Waals surface area contributed by atoms with Crippen LogP contribution in [0.5, 0.6) is 5.75 Å². The lowest BCUT2D eigenvalue weighted by Gasteiger charge is -2.35. The van der Waals surface area contributed by atoms with E-state index in [1.54, 1.807) is 48.9 Å². The van der Waals surface area contributed by atoms with Gasteiger partial charge in [0.05, 0.1) is 13.2 Å². The number of nitrogens with zero attached hydrogens (tertiary/aromatic N) is 1. The molecule has 1 aliphatic rings. The van der Waals surface area contributed by atoms with Crippen molar-refractivity contribution >= 4 is 33.0 Å². The molecule has 9 heteroatoms. The number of methoxy groups -OCH3 is 1. The van der Waals surface area contributed by atoms with Crippen molar-refractivity contribution in [1.29, 1.82) is 0 Å². The summed E-state index contributed by atoms with van der Waals surface area (Å²) in [7, 11) is -1.86. The van der Waals surface area contributed by atoms with Gasteiger partial charge in [-0.3, -0.25) is 9.69 Å². The predicted molar refractivity (Wildman–Crippen MR) is 110 cm³/mol. The fraction of sp³-hybridized carbons (Fsp3) is 0.421. The molecule has 28 heavy (non-hydrogen) atoms. The predicted octanol–water partition coefficient (Wildman–Crippen LogP) is 2.53. The Morgan fingerprint density at radius 3 is 2.46 bits per heavy atom. The van der Waals surface area contributed by atoms with Crippen LogP contribution in [0.15, 0.2) is 46.0 Å². The second-order valence-electron chi connectivity index (χ2n) is 6.76. The number of benzene rings is 1. The molecule has 2 aromatic rings. The number of ether oxygens (including phenoxy) is 1. The molecule has 0 aliphatic carbocycles. The molecule has 1 unspecified atom stereocenters. The minimum atomic E-state index is -3.46. The molecular formula is C19H25N3O4S2. The third-order valence-corrected chi connectivity index (χ3v) is 7.81. The topological polar surface area (TPSA) is 87.7 Å². The number of hydrogen-bond acceptors (Lipinski definition) is 6. The van der Waals surface area contributed by atoms with Crippen molar-refractivity contribution in [2.24, 2.45) is 0 Å². The number of sulfonamides is 1. The first kappa shape index (κ1) is 20.8. The van der Waals surface area contributed by atoms with Gasteiger partial charge in [0.15, 0.2) is 0 Å². The number of anilines is 1. The molecule has 7 nitrogen and oxygen atoms in total. The van der Waals surface area contributed by atoms with E-state index in [0.29, 0.717) is 30.1 Å². The molecule has 1 saturated heterocycles. The quantitative estimate of drug-likeness (QED) is 0.715. The van der Waals surface area contributed by atoms with Gasteiger partial charge in [0, 0.05) is 24.8 Å². The van der Waals surface area contributed by atoms with E-state index in [0.717, 1.165) is 11.4 Å². The van der Waals surface area contributed by atoms with Gasteiger partial charge < -0.3 is 10.1 Å². The lowest BCUT2D eigenvalue weighted by Crippen LogP contribution is -2.50. The maximum Gasteiger partial charge on any atom is 0.250 e. The molecular weight excluding hydrogens is 398 g/mol. The van der Waals surface area contributed by atoms with E-state index in [-0.39, 0.29) is 18.0 Å². The van der Waals surface area contributed by atoms with Gasteiger partial charge in [-0.1, -0.05) is 6.07 Å². The van der Waals surface area contributed by atoms with Crippen LogP contribution in [-0.2, 0) is 14.8 Å². The minimum Gasteiger partial charge on any atom is -0.497 e. The van der Waals surface area contributed by atoms with Crippen LogP contribution >= 0.6 is 11.3 Å². The van der Waals surface area contributed by atoms with Crippen LogP contribution in [0.4, 0.5) is 5.69 Å². The molecule has 0 spiro atoms. The summed E-state index contributed by atoms with van der Waals surface area (Å²) in [5, 5.41) is 4.66. The average molecular weight is 424 g/mol. The van der Waals surface area contributed by atoms with Crippen molar-refractivity contribution in [2.45, 2.75) is 36.1 Å². The van der Waals surface area contributed by atoms with Gasteiger partial charge in [-0.15, -0.1) is 11.3 Å². The van der Waals surface area contributed by atoms with Gasteiger partial charge in [-0.05, 0) is 55.5 Å². The number of carbonyl (C=O) groups is 1. The average Bonchev–Trinajstić information content (AvgIpc) is 3.24. The summed E-state index contributed by atoms with van der Waals surface area (Å²) < 4.78 is 32.9. The largest absolute Gasteiger partial charge is 0.497 e. The second kappa shape index (κ2) is 9.04. The highest BCUT2D eigenvalue weighted by atomic mass is 32.2. The summed E-state index contributed by atoms with van der Waals surface area (Å²) in [6.07, 6.45) is 1.34. The standard InChI is InChI=1S/C19H25N3O4S2/c1-14(19(23)20-15-5-7-17(26-2)8-6-15)22-11-9-16(10-12-22)21-28(24,25)18-4-3-13-27-18/h3-8,13-14,16,21H,9-12H2,1-2H3,(H,20,23). The van der Waals surface area contributed by atoms with Crippen molar-refractivity contribution < 1.29 is 17.9 Å². The Labute approximate surface area is 169 Å². The van der Waals surface area contributed by atoms with Gasteiger partial charge in [-0.2, -0.15) is 0 Å². The van der Waals surface area contributed by atoms with E-state index in [4.69, 9.17) is 4.74 Å². The Morgan fingerprint density at radius 2 is 1.89 bits per heavy atom. The maximum absolute atomic E-state index is 12.5. The summed E-state index contributed by atoms with van der Waals surface area (Å²) in [6.45, 7) is 3.19. The van der Waals surface area contributed by atoms with E-state index < -0.39 is 10.0 Å². The Balaban J connectivity index is 1.50. The third kappa shape index (κ3) is 5.11. The highest BCUT2D eigenvalue weighted by Crippen LogP contribution is 2.20. The molecule has 0 radical (unpaired) electrons. The summed E-state index contributed by atoms with van der Waals surface area (Å²) in [5.41, 5.74) is 0.719. The normalized spacial score (nSPS) is 17.2. The molecule has 152 valence electrons. The molecule has 2 N–H and O–H groups in total. The number of hydrogen-bond donors (Lipinski definition) is 2. The molecule has 2 heterocycles. The number of nitrogens with one attached hydrogen (secondary N) is 2. The van der Waals surface area contributed by atoms with Crippen molar-refractivity contribution in [1.82, 2.24) is 9.62 Å². The number of amides is 1. The lowest BCUT2D eigenvalue weighted by molar-refractivity contribution is -0.121. The molecule has 1 aromatic carbocycles. The van der Waals surface area contributed by atoms with Crippen LogP contribution in [0.1, 0.15) is 19.8 Å². The van der Waals surface area contributed by atoms with Crippen molar-refractivity contribution in [3.05, 3.63) is 41.8 Å². The SMILES string of the molecule is COc1ccc(NC(=O)C(C)N2CCC(NS(=O)(=O)c3cccs3)CC2)cc1. The van der Waals surface area contributed by atoms with Crippen LogP contribution < -0.4 is 14.8 Å². The molecule has 1 amide bonds. The zero-order valence-corrected chi connectivity index (χ0v) is 17.6.